The minimum atomic E-state index is -0.467. The van der Waals surface area contributed by atoms with E-state index in [0.29, 0.717) is 6.54 Å². The molecule has 0 bridgehead atoms. The van der Waals surface area contributed by atoms with Gasteiger partial charge in [-0.05, 0) is 11.1 Å². The van der Waals surface area contributed by atoms with E-state index in [1.165, 1.54) is 7.11 Å². The van der Waals surface area contributed by atoms with Crippen molar-refractivity contribution in [3.63, 3.8) is 0 Å². The lowest BCUT2D eigenvalue weighted by atomic mass is 10.0. The minimum absolute atomic E-state index is 0.111. The molecule has 0 radical (unpaired) electrons. The smallest absolute Gasteiger partial charge is 0.325 e. The number of nitrogens with two attached hydrogens (primary N) is 1. The van der Waals surface area contributed by atoms with Gasteiger partial charge < -0.3 is 15.8 Å². The third-order valence-electron chi connectivity index (χ3n) is 2.35. The summed E-state index contributed by atoms with van der Waals surface area (Å²) in [5.41, 5.74) is 7.37. The van der Waals surface area contributed by atoms with Crippen molar-refractivity contribution >= 4 is 11.9 Å². The van der Waals surface area contributed by atoms with Crippen molar-refractivity contribution in [2.75, 3.05) is 13.7 Å². The number of esters is 1. The monoisotopic (exact) mass is 236 g/mol. The first-order valence-electron chi connectivity index (χ1n) is 5.27. The van der Waals surface area contributed by atoms with Gasteiger partial charge in [0, 0.05) is 6.54 Å². The van der Waals surface area contributed by atoms with E-state index in [1.807, 2.05) is 24.3 Å². The lowest BCUT2D eigenvalue weighted by Gasteiger charge is -2.07. The van der Waals surface area contributed by atoms with Crippen LogP contribution in [0, 0.1) is 0 Å². The number of rotatable bonds is 5. The largest absolute Gasteiger partial charge is 0.468 e. The van der Waals surface area contributed by atoms with Crippen LogP contribution in [0.15, 0.2) is 24.3 Å². The maximum atomic E-state index is 11.5. The minimum Gasteiger partial charge on any atom is -0.468 e. The Balaban J connectivity index is 2.53. The van der Waals surface area contributed by atoms with E-state index >= 15 is 0 Å². The summed E-state index contributed by atoms with van der Waals surface area (Å²) in [4.78, 5) is 22.4. The first kappa shape index (κ1) is 13.2. The van der Waals surface area contributed by atoms with Gasteiger partial charge >= 0.3 is 5.97 Å². The molecule has 3 N–H and O–H groups in total. The summed E-state index contributed by atoms with van der Waals surface area (Å²) in [6.07, 6.45) is 0.213. The molecule has 0 atom stereocenters. The SMILES string of the molecule is COC(=O)CNC(=O)Cc1ccccc1CN. The number of ether oxygens (including phenoxy) is 1. The summed E-state index contributed by atoms with van der Waals surface area (Å²) in [5.74, 6) is -0.693. The van der Waals surface area contributed by atoms with Crippen molar-refractivity contribution in [3.8, 4) is 0 Å². The molecule has 0 saturated heterocycles. The highest BCUT2D eigenvalue weighted by molar-refractivity contribution is 5.83. The zero-order valence-corrected chi connectivity index (χ0v) is 9.73. The summed E-state index contributed by atoms with van der Waals surface area (Å²) in [5, 5.41) is 2.48. The lowest BCUT2D eigenvalue weighted by molar-refractivity contribution is -0.141. The number of nitrogens with one attached hydrogen (secondary N) is 1. The summed E-state index contributed by atoms with van der Waals surface area (Å²) in [6.45, 7) is 0.278. The highest BCUT2D eigenvalue weighted by Crippen LogP contribution is 2.08. The third kappa shape index (κ3) is 4.24. The molecule has 0 aliphatic rings. The maximum Gasteiger partial charge on any atom is 0.325 e. The van der Waals surface area contributed by atoms with Gasteiger partial charge in [-0.15, -0.1) is 0 Å². The number of benzene rings is 1. The highest BCUT2D eigenvalue weighted by atomic mass is 16.5. The Hall–Kier alpha value is -1.88. The molecule has 0 aliphatic heterocycles. The first-order valence-corrected chi connectivity index (χ1v) is 5.27. The average molecular weight is 236 g/mol. The van der Waals surface area contributed by atoms with Crippen molar-refractivity contribution in [1.82, 2.24) is 5.32 Å². The van der Waals surface area contributed by atoms with Crippen molar-refractivity contribution < 1.29 is 14.3 Å². The van der Waals surface area contributed by atoms with Crippen LogP contribution in [0.2, 0.25) is 0 Å². The second-order valence-electron chi connectivity index (χ2n) is 3.50. The van der Waals surface area contributed by atoms with Gasteiger partial charge in [0.15, 0.2) is 0 Å². The molecule has 0 aliphatic carbocycles. The van der Waals surface area contributed by atoms with Crippen molar-refractivity contribution in [3.05, 3.63) is 35.4 Å². The zero-order chi connectivity index (χ0) is 12.7. The van der Waals surface area contributed by atoms with E-state index in [9.17, 15) is 9.59 Å². The standard InChI is InChI=1S/C12H16N2O3/c1-17-12(16)8-14-11(15)6-9-4-2-3-5-10(9)7-13/h2-5H,6-8,13H2,1H3,(H,14,15). The lowest BCUT2D eigenvalue weighted by Crippen LogP contribution is -2.31. The molecule has 17 heavy (non-hydrogen) atoms. The highest BCUT2D eigenvalue weighted by Gasteiger charge is 2.08. The van der Waals surface area contributed by atoms with Crippen LogP contribution < -0.4 is 11.1 Å². The third-order valence-corrected chi connectivity index (χ3v) is 2.35. The first-order chi connectivity index (χ1) is 8.17. The van der Waals surface area contributed by atoms with E-state index < -0.39 is 5.97 Å². The number of carbonyl (C=O) groups is 2. The second-order valence-corrected chi connectivity index (χ2v) is 3.50. The number of hydrogen-bond donors (Lipinski definition) is 2. The fourth-order valence-corrected chi connectivity index (χ4v) is 1.41. The van der Waals surface area contributed by atoms with E-state index in [0.717, 1.165) is 11.1 Å². The molecule has 1 aromatic rings. The topological polar surface area (TPSA) is 81.4 Å². The molecule has 0 saturated carbocycles. The van der Waals surface area contributed by atoms with Crippen molar-refractivity contribution in [1.29, 1.82) is 0 Å². The van der Waals surface area contributed by atoms with Crippen LogP contribution in [0.3, 0.4) is 0 Å². The molecule has 5 heteroatoms. The number of carbonyl (C=O) groups excluding carboxylic acids is 2. The Morgan fingerprint density at radius 1 is 1.29 bits per heavy atom. The van der Waals surface area contributed by atoms with Crippen LogP contribution in [0.5, 0.6) is 0 Å². The molecule has 0 aromatic heterocycles. The van der Waals surface area contributed by atoms with Gasteiger partial charge in [0.25, 0.3) is 0 Å². The number of hydrogen-bond acceptors (Lipinski definition) is 4. The van der Waals surface area contributed by atoms with Gasteiger partial charge in [0.05, 0.1) is 13.5 Å². The molecular weight excluding hydrogens is 220 g/mol. The van der Waals surface area contributed by atoms with E-state index in [1.54, 1.807) is 0 Å². The van der Waals surface area contributed by atoms with Gasteiger partial charge in [-0.25, -0.2) is 0 Å². The van der Waals surface area contributed by atoms with Gasteiger partial charge in [-0.1, -0.05) is 24.3 Å². The normalized spacial score (nSPS) is 9.76. The van der Waals surface area contributed by atoms with Crippen LogP contribution >= 0.6 is 0 Å². The summed E-state index contributed by atoms with van der Waals surface area (Å²) in [6, 6.07) is 7.45. The summed E-state index contributed by atoms with van der Waals surface area (Å²) < 4.78 is 4.42. The van der Waals surface area contributed by atoms with E-state index in [2.05, 4.69) is 10.1 Å². The van der Waals surface area contributed by atoms with Gasteiger partial charge in [0.1, 0.15) is 6.54 Å². The zero-order valence-electron chi connectivity index (χ0n) is 9.73. The fraction of sp³-hybridized carbons (Fsp3) is 0.333. The van der Waals surface area contributed by atoms with E-state index in [-0.39, 0.29) is 18.9 Å². The van der Waals surface area contributed by atoms with Crippen LogP contribution in [0.25, 0.3) is 0 Å². The maximum absolute atomic E-state index is 11.5. The molecule has 0 spiro atoms. The fourth-order valence-electron chi connectivity index (χ4n) is 1.41. The molecule has 5 nitrogen and oxygen atoms in total. The molecule has 1 aromatic carbocycles. The Bertz CT molecular complexity index is 404. The van der Waals surface area contributed by atoms with Crippen molar-refractivity contribution in [2.24, 2.45) is 5.73 Å². The van der Waals surface area contributed by atoms with Crippen LogP contribution in [-0.2, 0) is 27.3 Å². The Morgan fingerprint density at radius 3 is 2.53 bits per heavy atom. The number of amides is 1. The predicted molar refractivity (Wildman–Crippen MR) is 63.1 cm³/mol. The molecule has 92 valence electrons. The molecule has 1 rings (SSSR count). The van der Waals surface area contributed by atoms with Crippen LogP contribution in [0.4, 0.5) is 0 Å². The van der Waals surface area contributed by atoms with Crippen molar-refractivity contribution in [2.45, 2.75) is 13.0 Å². The van der Waals surface area contributed by atoms with Gasteiger partial charge in [-0.3, -0.25) is 9.59 Å². The summed E-state index contributed by atoms with van der Waals surface area (Å²) >= 11 is 0. The number of methoxy groups -OCH3 is 1. The van der Waals surface area contributed by atoms with Gasteiger partial charge in [-0.2, -0.15) is 0 Å². The molecule has 0 unspecified atom stereocenters. The second kappa shape index (κ2) is 6.65. The predicted octanol–water partition coefficient (Wildman–Crippen LogP) is -0.0230. The Kier molecular flexibility index (Phi) is 5.16. The van der Waals surface area contributed by atoms with Crippen LogP contribution in [0.1, 0.15) is 11.1 Å². The van der Waals surface area contributed by atoms with Gasteiger partial charge in [0.2, 0.25) is 5.91 Å². The Labute approximate surface area is 99.9 Å². The average Bonchev–Trinajstić information content (AvgIpc) is 2.36. The molecule has 1 amide bonds. The summed E-state index contributed by atoms with van der Waals surface area (Å²) in [7, 11) is 1.28. The quantitative estimate of drug-likeness (QED) is 0.704. The Morgan fingerprint density at radius 2 is 1.94 bits per heavy atom. The van der Waals surface area contributed by atoms with E-state index in [4.69, 9.17) is 5.73 Å². The van der Waals surface area contributed by atoms with Crippen LogP contribution in [-0.4, -0.2) is 25.5 Å². The molecule has 0 heterocycles. The molecular formula is C12H16N2O3. The molecule has 0 fully saturated rings.